The van der Waals surface area contributed by atoms with Crippen molar-refractivity contribution < 1.29 is 4.79 Å². The summed E-state index contributed by atoms with van der Waals surface area (Å²) in [6.07, 6.45) is 3.11. The fraction of sp³-hybridized carbons (Fsp3) is 0.182. The van der Waals surface area contributed by atoms with Gasteiger partial charge in [0, 0.05) is 11.4 Å². The summed E-state index contributed by atoms with van der Waals surface area (Å²) >= 11 is 8.12. The van der Waals surface area contributed by atoms with Gasteiger partial charge in [-0.3, -0.25) is 14.2 Å². The maximum Gasteiger partial charge on any atom is 0.273 e. The number of aryl methyl sites for hydroxylation is 1. The Morgan fingerprint density at radius 1 is 1.32 bits per heavy atom. The van der Waals surface area contributed by atoms with Gasteiger partial charge in [0.15, 0.2) is 9.60 Å². The van der Waals surface area contributed by atoms with Gasteiger partial charge in [-0.2, -0.15) is 0 Å². The first-order valence-electron chi connectivity index (χ1n) is 9.57. The molecule has 158 valence electrons. The van der Waals surface area contributed by atoms with Crippen molar-refractivity contribution in [3.8, 4) is 0 Å². The number of fused-ring (bicyclic) bond motifs is 1. The Hall–Kier alpha value is -2.88. The third kappa shape index (κ3) is 4.43. The maximum atomic E-state index is 12.9. The van der Waals surface area contributed by atoms with Crippen molar-refractivity contribution in [2.75, 3.05) is 0 Å². The van der Waals surface area contributed by atoms with Crippen LogP contribution in [0.5, 0.6) is 0 Å². The lowest BCUT2D eigenvalue weighted by Gasteiger charge is -2.18. The predicted molar refractivity (Wildman–Crippen MR) is 128 cm³/mol. The average molecular weight is 469 g/mol. The van der Waals surface area contributed by atoms with Gasteiger partial charge in [0.05, 0.1) is 6.04 Å². The molecular formula is C22H20N4O2S3. The van der Waals surface area contributed by atoms with E-state index >= 15 is 0 Å². The number of allylic oxidation sites excluding steroid dienone is 1. The summed E-state index contributed by atoms with van der Waals surface area (Å²) in [6, 6.07) is 11.7. The molecule has 0 aliphatic heterocycles. The van der Waals surface area contributed by atoms with E-state index in [1.54, 1.807) is 22.0 Å². The van der Waals surface area contributed by atoms with Crippen LogP contribution in [0.1, 0.15) is 22.0 Å². The Morgan fingerprint density at radius 2 is 2.10 bits per heavy atom. The summed E-state index contributed by atoms with van der Waals surface area (Å²) < 4.78 is 4.08. The van der Waals surface area contributed by atoms with E-state index in [-0.39, 0.29) is 24.1 Å². The van der Waals surface area contributed by atoms with E-state index in [9.17, 15) is 9.59 Å². The quantitative estimate of drug-likeness (QED) is 0.321. The number of carbonyl (C=O) groups is 1. The Morgan fingerprint density at radius 3 is 2.77 bits per heavy atom. The first-order chi connectivity index (χ1) is 15.0. The molecule has 3 heterocycles. The number of aromatic nitrogens is 3. The van der Waals surface area contributed by atoms with Crippen molar-refractivity contribution in [3.63, 3.8) is 0 Å². The summed E-state index contributed by atoms with van der Waals surface area (Å²) in [5.74, 6) is -0.267. The molecule has 9 heteroatoms. The number of benzene rings is 1. The van der Waals surface area contributed by atoms with Gasteiger partial charge in [0.1, 0.15) is 17.6 Å². The molecular weight excluding hydrogens is 448 g/mol. The smallest absolute Gasteiger partial charge is 0.273 e. The van der Waals surface area contributed by atoms with Gasteiger partial charge in [0.25, 0.3) is 5.56 Å². The molecule has 1 amide bonds. The molecule has 0 aliphatic carbocycles. The summed E-state index contributed by atoms with van der Waals surface area (Å²) in [5.41, 5.74) is 2.38. The van der Waals surface area contributed by atoms with Gasteiger partial charge in [-0.25, -0.2) is 4.98 Å². The van der Waals surface area contributed by atoms with Crippen molar-refractivity contribution in [1.29, 1.82) is 0 Å². The first-order valence-corrected chi connectivity index (χ1v) is 11.7. The van der Waals surface area contributed by atoms with Gasteiger partial charge >= 0.3 is 0 Å². The Balaban J connectivity index is 1.61. The molecule has 0 aliphatic rings. The minimum atomic E-state index is -0.281. The van der Waals surface area contributed by atoms with Crippen molar-refractivity contribution in [2.45, 2.75) is 26.1 Å². The van der Waals surface area contributed by atoms with Gasteiger partial charge < -0.3 is 9.88 Å². The minimum absolute atomic E-state index is 0.123. The highest BCUT2D eigenvalue weighted by molar-refractivity contribution is 7.73. The zero-order valence-corrected chi connectivity index (χ0v) is 19.2. The number of hydrogen-bond acceptors (Lipinski definition) is 6. The van der Waals surface area contributed by atoms with Crippen LogP contribution in [-0.2, 0) is 17.9 Å². The second-order valence-corrected chi connectivity index (χ2v) is 9.65. The zero-order valence-electron chi connectivity index (χ0n) is 16.8. The molecule has 0 saturated heterocycles. The number of amides is 1. The third-order valence-electron chi connectivity index (χ3n) is 4.81. The van der Waals surface area contributed by atoms with Crippen LogP contribution in [-0.4, -0.2) is 20.0 Å². The molecule has 6 nitrogen and oxygen atoms in total. The molecule has 3 aromatic heterocycles. The topological polar surface area (TPSA) is 68.9 Å². The van der Waals surface area contributed by atoms with Gasteiger partial charge in [-0.05, 0) is 36.2 Å². The molecule has 0 bridgehead atoms. The molecule has 0 saturated carbocycles. The Bertz CT molecular complexity index is 1350. The van der Waals surface area contributed by atoms with E-state index in [1.807, 2.05) is 48.7 Å². The Labute approximate surface area is 192 Å². The lowest BCUT2D eigenvalue weighted by atomic mass is 10.0. The number of thiazole rings is 1. The number of hydrogen-bond donors (Lipinski definition) is 1. The fourth-order valence-electron chi connectivity index (χ4n) is 3.27. The van der Waals surface area contributed by atoms with Gasteiger partial charge in [-0.15, -0.1) is 17.9 Å². The number of rotatable bonds is 7. The van der Waals surface area contributed by atoms with E-state index < -0.39 is 0 Å². The lowest BCUT2D eigenvalue weighted by molar-refractivity contribution is -0.122. The van der Waals surface area contributed by atoms with Crippen LogP contribution in [0.4, 0.5) is 0 Å². The van der Waals surface area contributed by atoms with Gasteiger partial charge in [-0.1, -0.05) is 53.3 Å². The highest BCUT2D eigenvalue weighted by Gasteiger charge is 2.19. The molecule has 4 rings (SSSR count). The fourth-order valence-corrected chi connectivity index (χ4v) is 5.39. The highest BCUT2D eigenvalue weighted by Crippen LogP contribution is 2.26. The minimum Gasteiger partial charge on any atom is -0.343 e. The second-order valence-electron chi connectivity index (χ2n) is 7.02. The van der Waals surface area contributed by atoms with Crippen molar-refractivity contribution in [1.82, 2.24) is 19.4 Å². The standard InChI is InChI=1S/C22H20N4O2S3/c1-3-10-26-20-19(31-22(26)29)21(28)25(13-23-20)12-17(27)24-18(16-5-4-11-30-16)15-8-6-14(2)7-9-15/h3-9,11,13,18H,1,10,12H2,2H3,(H,24,27). The van der Waals surface area contributed by atoms with Gasteiger partial charge in [0.2, 0.25) is 5.91 Å². The first kappa shape index (κ1) is 21.4. The molecule has 0 fully saturated rings. The van der Waals surface area contributed by atoms with Crippen molar-refractivity contribution in [2.24, 2.45) is 0 Å². The molecule has 4 aromatic rings. The van der Waals surface area contributed by atoms with E-state index in [2.05, 4.69) is 16.9 Å². The van der Waals surface area contributed by atoms with Crippen molar-refractivity contribution in [3.05, 3.63) is 91.1 Å². The summed E-state index contributed by atoms with van der Waals surface area (Å²) in [5, 5.41) is 5.04. The van der Waals surface area contributed by atoms with Crippen molar-refractivity contribution >= 4 is 51.1 Å². The van der Waals surface area contributed by atoms with Crippen LogP contribution < -0.4 is 10.9 Å². The SMILES string of the molecule is C=CCn1c(=S)sc2c(=O)n(CC(=O)NC(c3ccc(C)cc3)c3cccs3)cnc21. The predicted octanol–water partition coefficient (Wildman–Crippen LogP) is 4.45. The van der Waals surface area contributed by atoms with Crippen LogP contribution in [0.25, 0.3) is 10.3 Å². The average Bonchev–Trinajstić information content (AvgIpc) is 3.39. The summed E-state index contributed by atoms with van der Waals surface area (Å²) in [6.45, 7) is 6.10. The maximum absolute atomic E-state index is 12.9. The molecule has 31 heavy (non-hydrogen) atoms. The molecule has 0 spiro atoms. The largest absolute Gasteiger partial charge is 0.343 e. The number of carbonyl (C=O) groups excluding carboxylic acids is 1. The molecule has 1 aromatic carbocycles. The number of nitrogens with zero attached hydrogens (tertiary/aromatic N) is 3. The number of nitrogens with one attached hydrogen (secondary N) is 1. The molecule has 1 N–H and O–H groups in total. The highest BCUT2D eigenvalue weighted by atomic mass is 32.1. The molecule has 1 atom stereocenters. The van der Waals surface area contributed by atoms with E-state index in [0.717, 1.165) is 16.0 Å². The Kier molecular flexibility index (Phi) is 6.26. The van der Waals surface area contributed by atoms with Crippen LogP contribution in [0, 0.1) is 10.9 Å². The zero-order chi connectivity index (χ0) is 22.0. The normalized spacial score (nSPS) is 12.0. The van der Waals surface area contributed by atoms with Crippen LogP contribution >= 0.6 is 34.9 Å². The van der Waals surface area contributed by atoms with E-state index in [4.69, 9.17) is 12.2 Å². The van der Waals surface area contributed by atoms with Crippen LogP contribution in [0.2, 0.25) is 0 Å². The van der Waals surface area contributed by atoms with Crippen LogP contribution in [0.3, 0.4) is 0 Å². The van der Waals surface area contributed by atoms with E-state index in [0.29, 0.717) is 20.8 Å². The summed E-state index contributed by atoms with van der Waals surface area (Å²) in [7, 11) is 0. The molecule has 0 radical (unpaired) electrons. The second kappa shape index (κ2) is 9.09. The monoisotopic (exact) mass is 468 g/mol. The summed E-state index contributed by atoms with van der Waals surface area (Å²) in [4.78, 5) is 31.2. The van der Waals surface area contributed by atoms with Crippen LogP contribution in [0.15, 0.2) is 65.6 Å². The lowest BCUT2D eigenvalue weighted by Crippen LogP contribution is -2.35. The third-order valence-corrected chi connectivity index (χ3v) is 7.18. The number of thiophene rings is 1. The molecule has 1 unspecified atom stereocenters. The van der Waals surface area contributed by atoms with E-state index in [1.165, 1.54) is 22.2 Å².